The van der Waals surface area contributed by atoms with E-state index in [2.05, 4.69) is 97.0 Å². The fourth-order valence-electron chi connectivity index (χ4n) is 6.37. The van der Waals surface area contributed by atoms with E-state index >= 15 is 0 Å². The van der Waals surface area contributed by atoms with Gasteiger partial charge in [-0.2, -0.15) is 0 Å². The van der Waals surface area contributed by atoms with Gasteiger partial charge >= 0.3 is 0 Å². The Morgan fingerprint density at radius 1 is 0.591 bits per heavy atom. The van der Waals surface area contributed by atoms with E-state index in [1.54, 1.807) is 0 Å². The zero-order valence-corrected chi connectivity index (χ0v) is 27.5. The minimum atomic E-state index is -0.140. The highest BCUT2D eigenvalue weighted by Crippen LogP contribution is 2.40. The molecule has 0 N–H and O–H groups in total. The second-order valence-electron chi connectivity index (χ2n) is 14.2. The number of hydrogen-bond acceptors (Lipinski definition) is 6. The van der Waals surface area contributed by atoms with Crippen molar-refractivity contribution in [3.05, 3.63) is 87.5 Å². The van der Waals surface area contributed by atoms with E-state index in [0.29, 0.717) is 19.8 Å². The van der Waals surface area contributed by atoms with Crippen LogP contribution >= 0.6 is 0 Å². The summed E-state index contributed by atoms with van der Waals surface area (Å²) in [5.74, 6) is 2.84. The van der Waals surface area contributed by atoms with Crippen molar-refractivity contribution in [1.82, 2.24) is 0 Å². The summed E-state index contributed by atoms with van der Waals surface area (Å²) in [5.41, 5.74) is 8.41. The first-order valence-corrected chi connectivity index (χ1v) is 16.1. The number of rotatable bonds is 15. The van der Waals surface area contributed by atoms with Crippen molar-refractivity contribution in [2.24, 2.45) is 0 Å². The molecule has 3 aliphatic rings. The summed E-state index contributed by atoms with van der Waals surface area (Å²) in [6, 6.07) is 17.7. The van der Waals surface area contributed by atoms with Gasteiger partial charge in [-0.05, 0) is 102 Å². The molecule has 6 rings (SSSR count). The lowest BCUT2D eigenvalue weighted by molar-refractivity contribution is 0.260. The summed E-state index contributed by atoms with van der Waals surface area (Å²) >= 11 is 0. The SMILES string of the molecule is Cc1ccc(CC(C)(C)c2cc(CC(C)(C)c3cccc(OCC4CO4)c3C)cc(OCC3CO3)c2C)cc1OCC1CO1. The maximum atomic E-state index is 6.42. The predicted molar refractivity (Wildman–Crippen MR) is 173 cm³/mol. The maximum Gasteiger partial charge on any atom is 0.122 e. The molecular formula is C38H48O6. The van der Waals surface area contributed by atoms with Crippen LogP contribution in [0.15, 0.2) is 48.5 Å². The van der Waals surface area contributed by atoms with Crippen molar-refractivity contribution in [3.8, 4) is 17.2 Å². The lowest BCUT2D eigenvalue weighted by Gasteiger charge is -2.32. The summed E-state index contributed by atoms with van der Waals surface area (Å²) in [6.07, 6.45) is 2.42. The molecule has 0 amide bonds. The Hall–Kier alpha value is -3.06. The van der Waals surface area contributed by atoms with Gasteiger partial charge < -0.3 is 28.4 Å². The summed E-state index contributed by atoms with van der Waals surface area (Å²) in [5, 5.41) is 0. The standard InChI is InChI=1S/C38H48O6/c1-24-11-12-27(14-35(24)43-22-30-19-40-30)16-38(6,7)33-13-28(15-36(26(33)3)44-23-31-20-41-31)17-37(4,5)32-9-8-10-34(25(32)2)42-21-29-18-39-29/h8-15,29-31H,16-23H2,1-7H3. The summed E-state index contributed by atoms with van der Waals surface area (Å²) in [7, 11) is 0. The van der Waals surface area contributed by atoms with Crippen molar-refractivity contribution in [3.63, 3.8) is 0 Å². The molecule has 3 heterocycles. The van der Waals surface area contributed by atoms with Crippen LogP contribution < -0.4 is 14.2 Å². The van der Waals surface area contributed by atoms with Crippen LogP contribution in [0.5, 0.6) is 17.2 Å². The molecule has 3 aromatic rings. The van der Waals surface area contributed by atoms with Crippen LogP contribution in [0.25, 0.3) is 0 Å². The van der Waals surface area contributed by atoms with E-state index < -0.39 is 0 Å². The molecule has 0 bridgehead atoms. The highest BCUT2D eigenvalue weighted by Gasteiger charge is 2.31. The van der Waals surface area contributed by atoms with Crippen LogP contribution in [-0.4, -0.2) is 58.0 Å². The van der Waals surface area contributed by atoms with Gasteiger partial charge in [0.15, 0.2) is 0 Å². The second kappa shape index (κ2) is 12.4. The molecule has 0 spiro atoms. The molecule has 0 saturated carbocycles. The van der Waals surface area contributed by atoms with Crippen molar-refractivity contribution < 1.29 is 28.4 Å². The van der Waals surface area contributed by atoms with Gasteiger partial charge in [-0.15, -0.1) is 0 Å². The van der Waals surface area contributed by atoms with Crippen LogP contribution in [0.2, 0.25) is 0 Å². The van der Waals surface area contributed by atoms with Gasteiger partial charge in [0, 0.05) is 0 Å². The summed E-state index contributed by atoms with van der Waals surface area (Å²) < 4.78 is 34.9. The Labute approximate surface area is 263 Å². The molecule has 0 radical (unpaired) electrons. The average molecular weight is 601 g/mol. The Morgan fingerprint density at radius 3 is 1.70 bits per heavy atom. The highest BCUT2D eigenvalue weighted by molar-refractivity contribution is 5.49. The molecule has 3 aliphatic heterocycles. The van der Waals surface area contributed by atoms with E-state index in [-0.39, 0.29) is 29.1 Å². The van der Waals surface area contributed by atoms with Crippen molar-refractivity contribution in [1.29, 1.82) is 0 Å². The van der Waals surface area contributed by atoms with Gasteiger partial charge in [0.05, 0.1) is 19.8 Å². The van der Waals surface area contributed by atoms with Crippen LogP contribution in [0, 0.1) is 20.8 Å². The zero-order chi connectivity index (χ0) is 31.1. The third kappa shape index (κ3) is 7.59. The molecule has 6 heteroatoms. The van der Waals surface area contributed by atoms with Crippen molar-refractivity contribution in [2.75, 3.05) is 39.6 Å². The fraction of sp³-hybridized carbons (Fsp3) is 0.526. The Kier molecular flexibility index (Phi) is 8.71. The Morgan fingerprint density at radius 2 is 1.09 bits per heavy atom. The molecule has 236 valence electrons. The first kappa shape index (κ1) is 30.9. The zero-order valence-electron chi connectivity index (χ0n) is 27.5. The Bertz CT molecular complexity index is 1480. The smallest absolute Gasteiger partial charge is 0.122 e. The van der Waals surface area contributed by atoms with Gasteiger partial charge in [-0.25, -0.2) is 0 Å². The molecular weight excluding hydrogens is 552 g/mol. The van der Waals surface area contributed by atoms with Crippen molar-refractivity contribution in [2.45, 2.75) is 90.4 Å². The van der Waals surface area contributed by atoms with E-state index in [4.69, 9.17) is 28.4 Å². The van der Waals surface area contributed by atoms with Gasteiger partial charge in [-0.3, -0.25) is 0 Å². The average Bonchev–Trinajstić information content (AvgIpc) is 3.82. The van der Waals surface area contributed by atoms with Gasteiger partial charge in [0.25, 0.3) is 0 Å². The van der Waals surface area contributed by atoms with Gasteiger partial charge in [-0.1, -0.05) is 58.0 Å². The van der Waals surface area contributed by atoms with Crippen LogP contribution in [0.4, 0.5) is 0 Å². The highest BCUT2D eigenvalue weighted by atomic mass is 16.6. The van der Waals surface area contributed by atoms with E-state index in [1.165, 1.54) is 33.4 Å². The minimum absolute atomic E-state index is 0.123. The van der Waals surface area contributed by atoms with Gasteiger partial charge in [0.1, 0.15) is 55.4 Å². The largest absolute Gasteiger partial charge is 0.491 e. The molecule has 3 unspecified atom stereocenters. The monoisotopic (exact) mass is 600 g/mol. The van der Waals surface area contributed by atoms with Crippen molar-refractivity contribution >= 4 is 0 Å². The number of benzene rings is 3. The third-order valence-electron chi connectivity index (χ3n) is 9.19. The predicted octanol–water partition coefficient (Wildman–Crippen LogP) is 6.99. The normalized spacial score (nSPS) is 20.8. The van der Waals surface area contributed by atoms with Crippen LogP contribution in [0.3, 0.4) is 0 Å². The first-order valence-electron chi connectivity index (χ1n) is 16.1. The molecule has 0 aliphatic carbocycles. The number of epoxide rings is 3. The molecule has 3 fully saturated rings. The minimum Gasteiger partial charge on any atom is -0.491 e. The first-order chi connectivity index (χ1) is 21.0. The third-order valence-corrected chi connectivity index (χ3v) is 9.19. The number of hydrogen-bond donors (Lipinski definition) is 0. The summed E-state index contributed by atoms with van der Waals surface area (Å²) in [4.78, 5) is 0. The van der Waals surface area contributed by atoms with Gasteiger partial charge in [0.2, 0.25) is 0 Å². The lowest BCUT2D eigenvalue weighted by atomic mass is 9.73. The number of aryl methyl sites for hydroxylation is 1. The quantitative estimate of drug-likeness (QED) is 0.175. The molecule has 6 nitrogen and oxygen atoms in total. The number of ether oxygens (including phenoxy) is 6. The molecule has 3 atom stereocenters. The topological polar surface area (TPSA) is 65.3 Å². The van der Waals surface area contributed by atoms with Crippen LogP contribution in [-0.2, 0) is 37.9 Å². The van der Waals surface area contributed by atoms with E-state index in [1.807, 2.05) is 0 Å². The van der Waals surface area contributed by atoms with E-state index in [0.717, 1.165) is 55.5 Å². The summed E-state index contributed by atoms with van der Waals surface area (Å²) in [6.45, 7) is 20.0. The second-order valence-corrected chi connectivity index (χ2v) is 14.2. The molecule has 0 aromatic heterocycles. The lowest BCUT2D eigenvalue weighted by Crippen LogP contribution is -2.25. The fourth-order valence-corrected chi connectivity index (χ4v) is 6.37. The van der Waals surface area contributed by atoms with E-state index in [9.17, 15) is 0 Å². The maximum absolute atomic E-state index is 6.42. The molecule has 44 heavy (non-hydrogen) atoms. The molecule has 3 saturated heterocycles. The molecule has 3 aromatic carbocycles. The van der Waals surface area contributed by atoms with Crippen LogP contribution in [0.1, 0.15) is 66.6 Å². The Balaban J connectivity index is 1.27.